The van der Waals surface area contributed by atoms with Gasteiger partial charge in [0, 0.05) is 20.3 Å². The van der Waals surface area contributed by atoms with Crippen molar-refractivity contribution in [2.24, 2.45) is 0 Å². The van der Waals surface area contributed by atoms with Gasteiger partial charge in [-0.1, -0.05) is 6.92 Å². The third-order valence-electron chi connectivity index (χ3n) is 2.99. The van der Waals surface area contributed by atoms with Crippen molar-refractivity contribution in [2.75, 3.05) is 34.9 Å². The summed E-state index contributed by atoms with van der Waals surface area (Å²) in [7, 11) is 4.47. The van der Waals surface area contributed by atoms with Gasteiger partial charge in [-0.15, -0.1) is 0 Å². The van der Waals surface area contributed by atoms with Crippen molar-refractivity contribution in [1.82, 2.24) is 0 Å². The van der Waals surface area contributed by atoms with Crippen LogP contribution >= 0.6 is 22.6 Å². The average Bonchev–Trinajstić information content (AvgIpc) is 2.54. The molecule has 0 aliphatic rings. The van der Waals surface area contributed by atoms with Crippen molar-refractivity contribution in [1.29, 1.82) is 0 Å². The number of benzene rings is 1. The van der Waals surface area contributed by atoms with Crippen LogP contribution in [0.25, 0.3) is 0 Å². The van der Waals surface area contributed by atoms with E-state index in [0.717, 1.165) is 9.13 Å². The van der Waals surface area contributed by atoms with Gasteiger partial charge in [0.1, 0.15) is 11.5 Å². The van der Waals surface area contributed by atoms with Crippen LogP contribution < -0.4 is 9.47 Å². The van der Waals surface area contributed by atoms with E-state index in [1.165, 1.54) is 7.11 Å². The molecule has 0 saturated heterocycles. The summed E-state index contributed by atoms with van der Waals surface area (Å²) in [5.41, 5.74) is 0.801. The van der Waals surface area contributed by atoms with Gasteiger partial charge in [0.25, 0.3) is 0 Å². The average molecular weight is 424 g/mol. The lowest BCUT2D eigenvalue weighted by molar-refractivity contribution is -0.142. The van der Waals surface area contributed by atoms with Crippen molar-refractivity contribution >= 4 is 28.6 Å². The zero-order valence-electron chi connectivity index (χ0n) is 13.2. The maximum atomic E-state index is 12.0. The van der Waals surface area contributed by atoms with E-state index in [-0.39, 0.29) is 25.5 Å². The van der Waals surface area contributed by atoms with Gasteiger partial charge < -0.3 is 23.7 Å². The van der Waals surface area contributed by atoms with E-state index in [9.17, 15) is 4.79 Å². The van der Waals surface area contributed by atoms with Crippen molar-refractivity contribution in [3.05, 3.63) is 21.3 Å². The monoisotopic (exact) mass is 424 g/mol. The van der Waals surface area contributed by atoms with E-state index in [0.29, 0.717) is 17.9 Å². The molecule has 1 aromatic carbocycles. The number of carbonyl (C=O) groups excluding carboxylic acids is 1. The van der Waals surface area contributed by atoms with Gasteiger partial charge in [0.15, 0.2) is 13.6 Å². The van der Waals surface area contributed by atoms with Crippen molar-refractivity contribution < 1.29 is 28.5 Å². The van der Waals surface area contributed by atoms with Crippen LogP contribution in [0, 0.1) is 3.57 Å². The minimum absolute atomic E-state index is 0.109. The van der Waals surface area contributed by atoms with Crippen LogP contribution in [0.5, 0.6) is 11.5 Å². The Kier molecular flexibility index (Phi) is 8.51. The Morgan fingerprint density at radius 1 is 1.14 bits per heavy atom. The molecular weight excluding hydrogens is 403 g/mol. The number of ether oxygens (including phenoxy) is 5. The van der Waals surface area contributed by atoms with Crippen molar-refractivity contribution in [3.63, 3.8) is 0 Å². The minimum atomic E-state index is -0.382. The second-order valence-electron chi connectivity index (χ2n) is 4.41. The van der Waals surface area contributed by atoms with E-state index in [4.69, 9.17) is 23.7 Å². The van der Waals surface area contributed by atoms with Crippen LogP contribution in [0.15, 0.2) is 12.1 Å². The van der Waals surface area contributed by atoms with Crippen molar-refractivity contribution in [2.45, 2.75) is 19.3 Å². The highest BCUT2D eigenvalue weighted by Crippen LogP contribution is 2.36. The molecular formula is C15H21IO6. The predicted molar refractivity (Wildman–Crippen MR) is 89.2 cm³/mol. The van der Waals surface area contributed by atoms with E-state index in [1.807, 2.05) is 13.0 Å². The molecule has 0 aliphatic carbocycles. The molecule has 1 aromatic rings. The summed E-state index contributed by atoms with van der Waals surface area (Å²) in [6, 6.07) is 3.55. The number of hydrogen-bond acceptors (Lipinski definition) is 6. The molecule has 0 heterocycles. The summed E-state index contributed by atoms with van der Waals surface area (Å²) in [5, 5.41) is 0. The van der Waals surface area contributed by atoms with E-state index in [2.05, 4.69) is 22.6 Å². The van der Waals surface area contributed by atoms with Crippen molar-refractivity contribution in [3.8, 4) is 11.5 Å². The standard InChI is InChI=1S/C15H21IO6/c1-5-11(15(17)20-4)12-6-10(21-8-18-2)7-13(14(12)16)22-9-19-3/h6-7,11H,5,8-9H2,1-4H3. The number of hydrogen-bond donors (Lipinski definition) is 0. The Labute approximate surface area is 144 Å². The Balaban J connectivity index is 3.23. The van der Waals surface area contributed by atoms with E-state index in [1.54, 1.807) is 20.3 Å². The molecule has 1 rings (SSSR count). The Morgan fingerprint density at radius 2 is 1.77 bits per heavy atom. The third-order valence-corrected chi connectivity index (χ3v) is 4.14. The fourth-order valence-electron chi connectivity index (χ4n) is 1.94. The smallest absolute Gasteiger partial charge is 0.313 e. The zero-order valence-corrected chi connectivity index (χ0v) is 15.3. The molecule has 7 heteroatoms. The molecule has 1 atom stereocenters. The SMILES string of the molecule is CCC(C(=O)OC)c1cc(OCOC)cc(OCOC)c1I. The molecule has 124 valence electrons. The van der Waals surface area contributed by atoms with Gasteiger partial charge in [0.05, 0.1) is 16.6 Å². The molecule has 22 heavy (non-hydrogen) atoms. The molecule has 0 aliphatic heterocycles. The number of esters is 1. The van der Waals surface area contributed by atoms with Crippen LogP contribution in [-0.2, 0) is 19.0 Å². The quantitative estimate of drug-likeness (QED) is 0.345. The first-order chi connectivity index (χ1) is 10.6. The highest BCUT2D eigenvalue weighted by Gasteiger charge is 2.24. The number of methoxy groups -OCH3 is 3. The summed E-state index contributed by atoms with van der Waals surface area (Å²) >= 11 is 2.15. The maximum Gasteiger partial charge on any atom is 0.313 e. The van der Waals surface area contributed by atoms with Crippen LogP contribution in [0.3, 0.4) is 0 Å². The van der Waals surface area contributed by atoms with Gasteiger partial charge in [-0.25, -0.2) is 0 Å². The van der Waals surface area contributed by atoms with Crippen LogP contribution in [0.1, 0.15) is 24.8 Å². The van der Waals surface area contributed by atoms with E-state index >= 15 is 0 Å². The first-order valence-electron chi connectivity index (χ1n) is 6.73. The lowest BCUT2D eigenvalue weighted by Crippen LogP contribution is -2.16. The van der Waals surface area contributed by atoms with Gasteiger partial charge in [-0.3, -0.25) is 4.79 Å². The van der Waals surface area contributed by atoms with E-state index < -0.39 is 0 Å². The van der Waals surface area contributed by atoms with Crippen LogP contribution in [-0.4, -0.2) is 40.9 Å². The fourth-order valence-corrected chi connectivity index (χ4v) is 2.78. The lowest BCUT2D eigenvalue weighted by Gasteiger charge is -2.19. The summed E-state index contributed by atoms with van der Waals surface area (Å²) in [6.07, 6.45) is 0.611. The Hall–Kier alpha value is -1.06. The molecule has 0 spiro atoms. The van der Waals surface area contributed by atoms with Gasteiger partial charge >= 0.3 is 5.97 Å². The third kappa shape index (κ3) is 4.99. The topological polar surface area (TPSA) is 63.2 Å². The molecule has 0 bridgehead atoms. The maximum absolute atomic E-state index is 12.0. The minimum Gasteiger partial charge on any atom is -0.469 e. The van der Waals surface area contributed by atoms with Gasteiger partial charge in [-0.05, 0) is 40.6 Å². The molecule has 0 fully saturated rings. The lowest BCUT2D eigenvalue weighted by atomic mass is 9.96. The largest absolute Gasteiger partial charge is 0.469 e. The first kappa shape index (κ1) is 19.0. The molecule has 0 radical (unpaired) electrons. The molecule has 0 amide bonds. The van der Waals surface area contributed by atoms with Crippen LogP contribution in [0.2, 0.25) is 0 Å². The summed E-state index contributed by atoms with van der Waals surface area (Å²) in [6.45, 7) is 2.15. The zero-order chi connectivity index (χ0) is 16.5. The molecule has 0 aromatic heterocycles. The van der Waals surface area contributed by atoms with Gasteiger partial charge in [-0.2, -0.15) is 0 Å². The normalized spacial score (nSPS) is 11.9. The molecule has 1 unspecified atom stereocenters. The Bertz CT molecular complexity index is 491. The van der Waals surface area contributed by atoms with Gasteiger partial charge in [0.2, 0.25) is 0 Å². The number of carbonyl (C=O) groups is 1. The second kappa shape index (κ2) is 9.86. The first-order valence-corrected chi connectivity index (χ1v) is 7.81. The molecule has 0 N–H and O–H groups in total. The summed E-state index contributed by atoms with van der Waals surface area (Å²) in [4.78, 5) is 12.0. The summed E-state index contributed by atoms with van der Waals surface area (Å²) in [5.74, 6) is 0.481. The molecule has 6 nitrogen and oxygen atoms in total. The highest BCUT2D eigenvalue weighted by atomic mass is 127. The number of rotatable bonds is 9. The second-order valence-corrected chi connectivity index (χ2v) is 5.49. The summed E-state index contributed by atoms with van der Waals surface area (Å²) < 4.78 is 26.6. The Morgan fingerprint density at radius 3 is 2.32 bits per heavy atom. The predicted octanol–water partition coefficient (Wildman–Crippen LogP) is 2.92. The fraction of sp³-hybridized carbons (Fsp3) is 0.533. The number of halogens is 1. The van der Waals surface area contributed by atoms with Crippen LogP contribution in [0.4, 0.5) is 0 Å². The molecule has 0 saturated carbocycles. The highest BCUT2D eigenvalue weighted by molar-refractivity contribution is 14.1.